The first kappa shape index (κ1) is 21.8. The van der Waals surface area contributed by atoms with E-state index in [0.29, 0.717) is 42.6 Å². The first-order valence-corrected chi connectivity index (χ1v) is 10.5. The van der Waals surface area contributed by atoms with Gasteiger partial charge >= 0.3 is 0 Å². The number of hydrogen-bond donors (Lipinski definition) is 0. The van der Waals surface area contributed by atoms with Gasteiger partial charge in [-0.3, -0.25) is 4.79 Å². The summed E-state index contributed by atoms with van der Waals surface area (Å²) in [6, 6.07) is 3.54. The molecular formula is C20H31BrO4. The van der Waals surface area contributed by atoms with Gasteiger partial charge in [0.15, 0.2) is 17.3 Å². The van der Waals surface area contributed by atoms with Crippen molar-refractivity contribution in [3.8, 4) is 17.2 Å². The molecule has 0 bridgehead atoms. The van der Waals surface area contributed by atoms with E-state index in [4.69, 9.17) is 14.2 Å². The van der Waals surface area contributed by atoms with Gasteiger partial charge in [0.05, 0.1) is 25.2 Å². The second kappa shape index (κ2) is 13.0. The molecule has 0 fully saturated rings. The molecule has 0 unspecified atom stereocenters. The van der Waals surface area contributed by atoms with Gasteiger partial charge in [0, 0.05) is 5.56 Å². The number of halogens is 1. The molecule has 0 N–H and O–H groups in total. The molecule has 0 aliphatic heterocycles. The minimum absolute atomic E-state index is 0.000733. The summed E-state index contributed by atoms with van der Waals surface area (Å²) < 4.78 is 17.8. The van der Waals surface area contributed by atoms with Crippen LogP contribution in [-0.2, 0) is 0 Å². The van der Waals surface area contributed by atoms with Crippen molar-refractivity contribution in [2.45, 2.75) is 59.3 Å². The van der Waals surface area contributed by atoms with Crippen molar-refractivity contribution in [1.82, 2.24) is 0 Å². The monoisotopic (exact) mass is 414 g/mol. The molecular weight excluding hydrogens is 384 g/mol. The number of benzene rings is 1. The maximum atomic E-state index is 12.2. The van der Waals surface area contributed by atoms with Crippen LogP contribution in [0.4, 0.5) is 0 Å². The number of unbranched alkanes of at least 4 members (excludes halogenated alkanes) is 3. The Morgan fingerprint density at radius 2 is 1.28 bits per heavy atom. The van der Waals surface area contributed by atoms with Crippen molar-refractivity contribution in [3.05, 3.63) is 17.7 Å². The van der Waals surface area contributed by atoms with E-state index in [9.17, 15) is 4.79 Å². The number of ketones is 1. The Kier molecular flexibility index (Phi) is 11.4. The Balaban J connectivity index is 3.14. The highest BCUT2D eigenvalue weighted by Gasteiger charge is 2.18. The lowest BCUT2D eigenvalue weighted by atomic mass is 10.1. The fourth-order valence-corrected chi connectivity index (χ4v) is 2.47. The minimum Gasteiger partial charge on any atom is -0.490 e. The van der Waals surface area contributed by atoms with Crippen LogP contribution in [0.1, 0.15) is 69.7 Å². The Labute approximate surface area is 160 Å². The summed E-state index contributed by atoms with van der Waals surface area (Å²) in [7, 11) is 0. The average molecular weight is 415 g/mol. The molecule has 0 aliphatic rings. The second-order valence-corrected chi connectivity index (χ2v) is 6.53. The summed E-state index contributed by atoms with van der Waals surface area (Å²) >= 11 is 3.24. The minimum atomic E-state index is 0.000733. The van der Waals surface area contributed by atoms with Gasteiger partial charge in [0.2, 0.25) is 5.75 Å². The first-order valence-electron chi connectivity index (χ1n) is 9.33. The van der Waals surface area contributed by atoms with Gasteiger partial charge < -0.3 is 14.2 Å². The Hall–Kier alpha value is -1.23. The van der Waals surface area contributed by atoms with E-state index < -0.39 is 0 Å². The highest BCUT2D eigenvalue weighted by atomic mass is 79.9. The summed E-state index contributed by atoms with van der Waals surface area (Å²) in [6.45, 7) is 8.16. The van der Waals surface area contributed by atoms with Gasteiger partial charge in [-0.1, -0.05) is 56.0 Å². The number of rotatable bonds is 14. The fraction of sp³-hybridized carbons (Fsp3) is 0.650. The van der Waals surface area contributed by atoms with Crippen molar-refractivity contribution in [2.75, 3.05) is 25.2 Å². The topological polar surface area (TPSA) is 44.8 Å². The SMILES string of the molecule is CCCCOc1cc(C(=O)CBr)cc(OCCCC)c1OCCCC. The molecule has 0 aromatic heterocycles. The third-order valence-corrected chi connectivity index (χ3v) is 4.23. The van der Waals surface area contributed by atoms with Crippen LogP contribution in [-0.4, -0.2) is 30.9 Å². The molecule has 1 rings (SSSR count). The van der Waals surface area contributed by atoms with Crippen LogP contribution in [0.3, 0.4) is 0 Å². The van der Waals surface area contributed by atoms with E-state index in [1.54, 1.807) is 12.1 Å². The molecule has 0 heterocycles. The zero-order valence-electron chi connectivity index (χ0n) is 15.7. The summed E-state index contributed by atoms with van der Waals surface area (Å²) in [4.78, 5) is 12.2. The quantitative estimate of drug-likeness (QED) is 0.219. The molecule has 0 saturated carbocycles. The molecule has 0 atom stereocenters. The summed E-state index contributed by atoms with van der Waals surface area (Å²) in [5.41, 5.74) is 0.581. The van der Waals surface area contributed by atoms with Crippen LogP contribution < -0.4 is 14.2 Å². The number of carbonyl (C=O) groups is 1. The first-order chi connectivity index (χ1) is 12.2. The van der Waals surface area contributed by atoms with Crippen molar-refractivity contribution in [2.24, 2.45) is 0 Å². The zero-order valence-corrected chi connectivity index (χ0v) is 17.3. The molecule has 4 nitrogen and oxygen atoms in total. The van der Waals surface area contributed by atoms with Crippen LogP contribution in [0.5, 0.6) is 17.2 Å². The second-order valence-electron chi connectivity index (χ2n) is 5.96. The van der Waals surface area contributed by atoms with E-state index in [0.717, 1.165) is 38.5 Å². The van der Waals surface area contributed by atoms with Crippen molar-refractivity contribution in [1.29, 1.82) is 0 Å². The maximum absolute atomic E-state index is 12.2. The van der Waals surface area contributed by atoms with Gasteiger partial charge in [-0.2, -0.15) is 0 Å². The molecule has 25 heavy (non-hydrogen) atoms. The molecule has 0 spiro atoms. The van der Waals surface area contributed by atoms with Crippen molar-refractivity contribution >= 4 is 21.7 Å². The van der Waals surface area contributed by atoms with E-state index in [-0.39, 0.29) is 11.1 Å². The van der Waals surface area contributed by atoms with Gasteiger partial charge in [0.25, 0.3) is 0 Å². The predicted molar refractivity (Wildman–Crippen MR) is 106 cm³/mol. The zero-order chi connectivity index (χ0) is 18.5. The van der Waals surface area contributed by atoms with Gasteiger partial charge in [-0.25, -0.2) is 0 Å². The lowest BCUT2D eigenvalue weighted by Gasteiger charge is -2.18. The highest BCUT2D eigenvalue weighted by Crippen LogP contribution is 2.39. The Morgan fingerprint density at radius 1 is 0.840 bits per heavy atom. The van der Waals surface area contributed by atoms with Crippen LogP contribution in [0.25, 0.3) is 0 Å². The fourth-order valence-electron chi connectivity index (χ4n) is 2.14. The Bertz CT molecular complexity index is 485. The number of ether oxygens (including phenoxy) is 3. The van der Waals surface area contributed by atoms with Crippen LogP contribution in [0.2, 0.25) is 0 Å². The number of Topliss-reactive ketones (excluding diaryl/α,β-unsaturated/α-hetero) is 1. The average Bonchev–Trinajstić information content (AvgIpc) is 2.63. The molecule has 0 saturated heterocycles. The van der Waals surface area contributed by atoms with E-state index in [2.05, 4.69) is 36.7 Å². The molecule has 0 radical (unpaired) electrons. The normalized spacial score (nSPS) is 10.6. The third-order valence-electron chi connectivity index (χ3n) is 3.72. The van der Waals surface area contributed by atoms with E-state index in [1.807, 2.05) is 0 Å². The number of hydrogen-bond acceptors (Lipinski definition) is 4. The standard InChI is InChI=1S/C20H31BrO4/c1-4-7-10-23-18-13-16(17(22)15-21)14-19(24-11-8-5-2)20(18)25-12-9-6-3/h13-14H,4-12,15H2,1-3H3. The molecule has 0 amide bonds. The summed E-state index contributed by atoms with van der Waals surface area (Å²) in [6.07, 6.45) is 6.02. The van der Waals surface area contributed by atoms with Gasteiger partial charge in [0.1, 0.15) is 0 Å². The lowest BCUT2D eigenvalue weighted by molar-refractivity contribution is 0.102. The third kappa shape index (κ3) is 7.68. The largest absolute Gasteiger partial charge is 0.490 e. The number of alkyl halides is 1. The van der Waals surface area contributed by atoms with Gasteiger partial charge in [-0.15, -0.1) is 0 Å². The van der Waals surface area contributed by atoms with Crippen LogP contribution >= 0.6 is 15.9 Å². The van der Waals surface area contributed by atoms with Crippen LogP contribution in [0, 0.1) is 0 Å². The molecule has 142 valence electrons. The summed E-state index contributed by atoms with van der Waals surface area (Å²) in [5.74, 6) is 1.82. The Morgan fingerprint density at radius 3 is 1.68 bits per heavy atom. The predicted octanol–water partition coefficient (Wildman–Crippen LogP) is 5.80. The van der Waals surface area contributed by atoms with Crippen molar-refractivity contribution in [3.63, 3.8) is 0 Å². The van der Waals surface area contributed by atoms with E-state index in [1.165, 1.54) is 0 Å². The maximum Gasteiger partial charge on any atom is 0.203 e. The lowest BCUT2D eigenvalue weighted by Crippen LogP contribution is -2.08. The summed E-state index contributed by atoms with van der Waals surface area (Å²) in [5, 5.41) is 0.270. The smallest absolute Gasteiger partial charge is 0.203 e. The molecule has 1 aromatic carbocycles. The molecule has 1 aromatic rings. The van der Waals surface area contributed by atoms with Crippen molar-refractivity contribution < 1.29 is 19.0 Å². The van der Waals surface area contributed by atoms with Crippen LogP contribution in [0.15, 0.2) is 12.1 Å². The van der Waals surface area contributed by atoms with E-state index >= 15 is 0 Å². The molecule has 0 aliphatic carbocycles. The number of carbonyl (C=O) groups excluding carboxylic acids is 1. The highest BCUT2D eigenvalue weighted by molar-refractivity contribution is 9.09. The molecule has 5 heteroatoms. The van der Waals surface area contributed by atoms with Gasteiger partial charge in [-0.05, 0) is 31.4 Å².